The van der Waals surface area contributed by atoms with Crippen molar-refractivity contribution in [2.45, 2.75) is 27.7 Å². The van der Waals surface area contributed by atoms with Crippen molar-refractivity contribution >= 4 is 7.82 Å². The van der Waals surface area contributed by atoms with Crippen LogP contribution in [0.5, 0.6) is 0 Å². The van der Waals surface area contributed by atoms with Gasteiger partial charge in [0.2, 0.25) is 0 Å². The molecule has 0 aliphatic heterocycles. The van der Waals surface area contributed by atoms with Crippen LogP contribution in [0.2, 0.25) is 0 Å². The van der Waals surface area contributed by atoms with Gasteiger partial charge in [0.15, 0.2) is 0 Å². The summed E-state index contributed by atoms with van der Waals surface area (Å²) in [6.07, 6.45) is 0. The number of nitrogens with zero attached hydrogens (tertiary/aromatic N) is 1. The van der Waals surface area contributed by atoms with Crippen molar-refractivity contribution in [1.29, 1.82) is 0 Å². The van der Waals surface area contributed by atoms with Crippen molar-refractivity contribution in [3.8, 4) is 0 Å². The highest BCUT2D eigenvalue weighted by atomic mass is 31.2. The van der Waals surface area contributed by atoms with E-state index in [2.05, 4.69) is 27.7 Å². The maximum Gasteiger partial charge on any atom is 0.466 e. The van der Waals surface area contributed by atoms with Gasteiger partial charge in [-0.05, 0) is 27.7 Å². The largest absolute Gasteiger partial charge is 0.870 e. The molecule has 0 fully saturated rings. The lowest BCUT2D eigenvalue weighted by Gasteiger charge is -2.34. The van der Waals surface area contributed by atoms with Gasteiger partial charge < -0.3 is 24.6 Å². The molecule has 0 amide bonds. The first-order chi connectivity index (χ1) is 6.24. The van der Waals surface area contributed by atoms with Crippen LogP contribution in [0.15, 0.2) is 0 Å². The van der Waals surface area contributed by atoms with Gasteiger partial charge in [-0.25, -0.2) is 4.57 Å². The van der Waals surface area contributed by atoms with Crippen molar-refractivity contribution in [3.05, 3.63) is 0 Å². The Morgan fingerprint density at radius 3 is 1.00 bits per heavy atom. The molecule has 0 bridgehead atoms. The number of hydrogen-bond donors (Lipinski definition) is 3. The molecule has 0 aromatic heterocycles. The molecule has 6 nitrogen and oxygen atoms in total. The van der Waals surface area contributed by atoms with Crippen LogP contribution in [0.3, 0.4) is 0 Å². The second kappa shape index (κ2) is 9.27. The van der Waals surface area contributed by atoms with E-state index in [-0.39, 0.29) is 5.48 Å². The first-order valence-electron chi connectivity index (χ1n) is 4.88. The molecule has 7 heteroatoms. The minimum Gasteiger partial charge on any atom is -0.870 e. The Morgan fingerprint density at radius 2 is 1.00 bits per heavy atom. The molecule has 0 aromatic carbocycles. The van der Waals surface area contributed by atoms with Crippen LogP contribution in [0.4, 0.5) is 0 Å². The van der Waals surface area contributed by atoms with E-state index in [1.165, 1.54) is 30.7 Å². The summed E-state index contributed by atoms with van der Waals surface area (Å²) in [4.78, 5) is 21.6. The van der Waals surface area contributed by atoms with E-state index >= 15 is 0 Å². The lowest BCUT2D eigenvalue weighted by atomic mass is 10.3. The Morgan fingerprint density at radius 1 is 0.867 bits per heavy atom. The van der Waals surface area contributed by atoms with E-state index in [0.717, 1.165) is 0 Å². The predicted octanol–water partition coefficient (Wildman–Crippen LogP) is 0.777. The molecule has 0 unspecified atom stereocenters. The third-order valence-corrected chi connectivity index (χ3v) is 2.68. The van der Waals surface area contributed by atoms with Gasteiger partial charge in [0.25, 0.3) is 0 Å². The van der Waals surface area contributed by atoms with Crippen molar-refractivity contribution < 1.29 is 29.2 Å². The normalized spacial score (nSPS) is 11.1. The Bertz CT molecular complexity index is 152. The summed E-state index contributed by atoms with van der Waals surface area (Å²) in [5.41, 5.74) is 0. The molecule has 15 heavy (non-hydrogen) atoms. The lowest BCUT2D eigenvalue weighted by molar-refractivity contribution is -0.921. The quantitative estimate of drug-likeness (QED) is 0.501. The zero-order valence-corrected chi connectivity index (χ0v) is 10.8. The highest BCUT2D eigenvalue weighted by Gasteiger charge is 2.16. The Labute approximate surface area is 91.7 Å². The standard InChI is InChI=1S/C8H20N.H3O4P.H2O/c1-5-9(6-2,7-3)8-4;1-5(2,3)4;/h5-8H2,1-4H3;(H3,1,2,3,4);1H2/q+1;;/p-1. The number of rotatable bonds is 4. The van der Waals surface area contributed by atoms with Crippen LogP contribution in [-0.4, -0.2) is 50.8 Å². The van der Waals surface area contributed by atoms with Gasteiger partial charge in [-0.2, -0.15) is 0 Å². The van der Waals surface area contributed by atoms with Gasteiger partial charge in [0.1, 0.15) is 0 Å². The first kappa shape index (κ1) is 20.4. The van der Waals surface area contributed by atoms with Crippen LogP contribution < -0.4 is 0 Å². The first-order valence-corrected chi connectivity index (χ1v) is 6.44. The monoisotopic (exact) mass is 245 g/mol. The van der Waals surface area contributed by atoms with E-state index in [4.69, 9.17) is 19.2 Å². The molecule has 0 aliphatic carbocycles. The summed E-state index contributed by atoms with van der Waals surface area (Å²) in [7, 11) is -4.64. The van der Waals surface area contributed by atoms with Crippen LogP contribution in [0, 0.1) is 0 Å². The van der Waals surface area contributed by atoms with Crippen molar-refractivity contribution in [1.82, 2.24) is 0 Å². The fourth-order valence-electron chi connectivity index (χ4n) is 1.34. The van der Waals surface area contributed by atoms with Crippen molar-refractivity contribution in [2.24, 2.45) is 0 Å². The average Bonchev–Trinajstić information content (AvgIpc) is 2.07. The molecular formula is C8H24NO5P. The van der Waals surface area contributed by atoms with Gasteiger partial charge in [-0.15, -0.1) is 0 Å². The molecule has 0 atom stereocenters. The smallest absolute Gasteiger partial charge is 0.466 e. The third kappa shape index (κ3) is 14.0. The molecular weight excluding hydrogens is 221 g/mol. The summed E-state index contributed by atoms with van der Waals surface area (Å²) in [5, 5.41) is 0. The SMILES string of the molecule is CC[N+](CC)(CC)CC.O=P(O)(O)O.[OH-]. The van der Waals surface area contributed by atoms with E-state index in [1.807, 2.05) is 0 Å². The highest BCUT2D eigenvalue weighted by Crippen LogP contribution is 2.25. The number of quaternary nitrogens is 1. The van der Waals surface area contributed by atoms with Gasteiger partial charge in [-0.3, -0.25) is 0 Å². The van der Waals surface area contributed by atoms with E-state index in [9.17, 15) is 0 Å². The molecule has 0 heterocycles. The third-order valence-electron chi connectivity index (χ3n) is 2.68. The van der Waals surface area contributed by atoms with E-state index in [0.29, 0.717) is 0 Å². The zero-order valence-electron chi connectivity index (χ0n) is 9.92. The summed E-state index contributed by atoms with van der Waals surface area (Å²) in [6, 6.07) is 0. The maximum atomic E-state index is 8.88. The van der Waals surface area contributed by atoms with Crippen LogP contribution in [0.25, 0.3) is 0 Å². The number of hydrogen-bond acceptors (Lipinski definition) is 2. The van der Waals surface area contributed by atoms with Crippen LogP contribution in [-0.2, 0) is 4.57 Å². The molecule has 0 aromatic rings. The summed E-state index contributed by atoms with van der Waals surface area (Å²) < 4.78 is 10.2. The molecule has 0 radical (unpaired) electrons. The predicted molar refractivity (Wildman–Crippen MR) is 58.6 cm³/mol. The summed E-state index contributed by atoms with van der Waals surface area (Å²) >= 11 is 0. The highest BCUT2D eigenvalue weighted by molar-refractivity contribution is 7.45. The summed E-state index contributed by atoms with van der Waals surface area (Å²) in [5.74, 6) is 0. The van der Waals surface area contributed by atoms with Gasteiger partial charge in [-0.1, -0.05) is 0 Å². The second-order valence-corrected chi connectivity index (χ2v) is 4.15. The van der Waals surface area contributed by atoms with E-state index < -0.39 is 7.82 Å². The van der Waals surface area contributed by atoms with Gasteiger partial charge >= 0.3 is 7.82 Å². The fraction of sp³-hybridized carbons (Fsp3) is 1.00. The molecule has 4 N–H and O–H groups in total. The second-order valence-electron chi connectivity index (χ2n) is 3.12. The maximum absolute atomic E-state index is 8.88. The Balaban J connectivity index is -0.000000208. The van der Waals surface area contributed by atoms with Crippen LogP contribution in [0.1, 0.15) is 27.7 Å². The zero-order chi connectivity index (χ0) is 11.8. The number of phosphoric acid groups is 1. The Kier molecular flexibility index (Phi) is 12.6. The molecule has 0 aliphatic rings. The van der Waals surface area contributed by atoms with Gasteiger partial charge in [0.05, 0.1) is 26.2 Å². The minimum atomic E-state index is -4.64. The Hall–Kier alpha value is 0.0300. The molecule has 0 saturated heterocycles. The molecule has 0 rings (SSSR count). The molecule has 0 spiro atoms. The fourth-order valence-corrected chi connectivity index (χ4v) is 1.34. The lowest BCUT2D eigenvalue weighted by Crippen LogP contribution is -2.47. The van der Waals surface area contributed by atoms with Crippen molar-refractivity contribution in [2.75, 3.05) is 26.2 Å². The average molecular weight is 245 g/mol. The summed E-state index contributed by atoms with van der Waals surface area (Å²) in [6.45, 7) is 14.2. The van der Waals surface area contributed by atoms with Crippen LogP contribution >= 0.6 is 7.82 Å². The topological polar surface area (TPSA) is 108 Å². The van der Waals surface area contributed by atoms with E-state index in [1.54, 1.807) is 0 Å². The van der Waals surface area contributed by atoms with Gasteiger partial charge in [0, 0.05) is 0 Å². The van der Waals surface area contributed by atoms with Crippen molar-refractivity contribution in [3.63, 3.8) is 0 Å². The minimum absolute atomic E-state index is 0. The molecule has 96 valence electrons. The molecule has 0 saturated carbocycles.